The number of rotatable bonds is 12. The maximum absolute atomic E-state index is 2.36. The second-order valence-electron chi connectivity index (χ2n) is 5.99. The molecule has 2 nitrogen and oxygen atoms in total. The van der Waals surface area contributed by atoms with Crippen molar-refractivity contribution in [1.29, 1.82) is 0 Å². The third kappa shape index (κ3) is 10.6. The molecule has 0 unspecified atom stereocenters. The van der Waals surface area contributed by atoms with Crippen LogP contribution in [0.4, 0.5) is 0 Å². The fraction of sp³-hybridized carbons (Fsp3) is 1.00. The molecule has 0 amide bonds. The monoisotopic (exact) mass is 292 g/mol. The van der Waals surface area contributed by atoms with Gasteiger partial charge in [-0.05, 0) is 40.8 Å². The molecule has 0 bridgehead atoms. The lowest BCUT2D eigenvalue weighted by Gasteiger charge is -2.38. The predicted molar refractivity (Wildman–Crippen MR) is 83.0 cm³/mol. The van der Waals surface area contributed by atoms with E-state index in [2.05, 4.69) is 39.8 Å². The van der Waals surface area contributed by atoms with Gasteiger partial charge in [0, 0.05) is 6.54 Å². The predicted octanol–water partition coefficient (Wildman–Crippen LogP) is 0.769. The lowest BCUT2D eigenvalue weighted by atomic mass is 10.1. The molecule has 118 valence electrons. The summed E-state index contributed by atoms with van der Waals surface area (Å²) in [5, 5.41) is 0. The zero-order chi connectivity index (χ0) is 13.9. The summed E-state index contributed by atoms with van der Waals surface area (Å²) in [5.74, 6) is 0. The summed E-state index contributed by atoms with van der Waals surface area (Å²) < 4.78 is 1.31. The van der Waals surface area contributed by atoms with Gasteiger partial charge in [-0.15, -0.1) is 0 Å². The van der Waals surface area contributed by atoms with Gasteiger partial charge in [-0.3, -0.25) is 0 Å². The van der Waals surface area contributed by atoms with Crippen molar-refractivity contribution in [3.8, 4) is 0 Å². The molecule has 0 saturated heterocycles. The molecule has 0 aliphatic heterocycles. The number of halogens is 1. The standard InChI is InChI=1S/C16H37N2.ClH/c1-6-9-10-11-12-13-15-18(7-2,8-3)16-14-17(4)5;/h6-16H2,1-5H3;1H/q+1;/p-1. The maximum atomic E-state index is 2.36. The molecule has 0 N–H and O–H groups in total. The van der Waals surface area contributed by atoms with E-state index in [1.165, 1.54) is 75.7 Å². The van der Waals surface area contributed by atoms with E-state index < -0.39 is 0 Å². The third-order valence-corrected chi connectivity index (χ3v) is 4.35. The molecule has 0 aromatic carbocycles. The van der Waals surface area contributed by atoms with Crippen molar-refractivity contribution in [3.63, 3.8) is 0 Å². The van der Waals surface area contributed by atoms with Crippen molar-refractivity contribution < 1.29 is 16.9 Å². The molecule has 0 rings (SSSR count). The summed E-state index contributed by atoms with van der Waals surface area (Å²) >= 11 is 0. The molecule has 0 aliphatic rings. The fourth-order valence-electron chi connectivity index (χ4n) is 2.61. The van der Waals surface area contributed by atoms with Gasteiger partial charge in [0.25, 0.3) is 0 Å². The molecular formula is C16H37ClN2. The fourth-order valence-corrected chi connectivity index (χ4v) is 2.61. The van der Waals surface area contributed by atoms with Crippen molar-refractivity contribution in [1.82, 2.24) is 4.90 Å². The van der Waals surface area contributed by atoms with E-state index in [0.717, 1.165) is 0 Å². The zero-order valence-electron chi connectivity index (χ0n) is 14.1. The second-order valence-corrected chi connectivity index (χ2v) is 5.99. The van der Waals surface area contributed by atoms with E-state index in [-0.39, 0.29) is 12.4 Å². The Labute approximate surface area is 128 Å². The van der Waals surface area contributed by atoms with Crippen LogP contribution < -0.4 is 12.4 Å². The first kappa shape index (κ1) is 21.5. The van der Waals surface area contributed by atoms with Crippen LogP contribution in [0, 0.1) is 0 Å². The molecule has 0 aromatic heterocycles. The lowest BCUT2D eigenvalue weighted by molar-refractivity contribution is -0.924. The molecule has 3 heteroatoms. The smallest absolute Gasteiger partial charge is 0.0915 e. The third-order valence-electron chi connectivity index (χ3n) is 4.35. The Hall–Kier alpha value is 0.210. The summed E-state index contributed by atoms with van der Waals surface area (Å²) in [7, 11) is 4.37. The Balaban J connectivity index is 0. The highest BCUT2D eigenvalue weighted by molar-refractivity contribution is 4.49. The number of unbranched alkanes of at least 4 members (excludes halogenated alkanes) is 5. The van der Waals surface area contributed by atoms with Gasteiger partial charge in [-0.25, -0.2) is 0 Å². The minimum atomic E-state index is 0. The van der Waals surface area contributed by atoms with Crippen LogP contribution in [0.3, 0.4) is 0 Å². The topological polar surface area (TPSA) is 3.24 Å². The highest BCUT2D eigenvalue weighted by Crippen LogP contribution is 2.12. The van der Waals surface area contributed by atoms with Gasteiger partial charge in [0.05, 0.1) is 26.2 Å². The molecule has 0 aromatic rings. The first-order chi connectivity index (χ1) is 8.60. The van der Waals surface area contributed by atoms with Gasteiger partial charge in [0.1, 0.15) is 0 Å². The summed E-state index contributed by atoms with van der Waals surface area (Å²) in [5.41, 5.74) is 0. The Morgan fingerprint density at radius 3 is 1.74 bits per heavy atom. The SMILES string of the molecule is CCCCCCCC[N+](CC)(CC)CCN(C)C.[Cl-]. The van der Waals surface area contributed by atoms with Crippen LogP contribution in [-0.2, 0) is 0 Å². The average molecular weight is 293 g/mol. The molecule has 0 fully saturated rings. The van der Waals surface area contributed by atoms with E-state index in [1.807, 2.05) is 0 Å². The largest absolute Gasteiger partial charge is 1.00 e. The minimum absolute atomic E-state index is 0. The van der Waals surface area contributed by atoms with Gasteiger partial charge in [-0.1, -0.05) is 32.6 Å². The summed E-state index contributed by atoms with van der Waals surface area (Å²) in [6.45, 7) is 13.5. The molecule has 0 heterocycles. The van der Waals surface area contributed by atoms with E-state index >= 15 is 0 Å². The van der Waals surface area contributed by atoms with E-state index in [0.29, 0.717) is 0 Å². The zero-order valence-corrected chi connectivity index (χ0v) is 14.8. The van der Waals surface area contributed by atoms with Crippen molar-refractivity contribution in [2.24, 2.45) is 0 Å². The van der Waals surface area contributed by atoms with Crippen molar-refractivity contribution in [3.05, 3.63) is 0 Å². The number of hydrogen-bond acceptors (Lipinski definition) is 1. The summed E-state index contributed by atoms with van der Waals surface area (Å²) in [6.07, 6.45) is 8.50. The highest BCUT2D eigenvalue weighted by atomic mass is 35.5. The quantitative estimate of drug-likeness (QED) is 0.379. The number of quaternary nitrogens is 1. The number of hydrogen-bond donors (Lipinski definition) is 0. The molecular weight excluding hydrogens is 256 g/mol. The van der Waals surface area contributed by atoms with E-state index in [1.54, 1.807) is 0 Å². The van der Waals surface area contributed by atoms with Crippen molar-refractivity contribution >= 4 is 0 Å². The molecule has 0 aliphatic carbocycles. The minimum Gasteiger partial charge on any atom is -1.00 e. The van der Waals surface area contributed by atoms with Gasteiger partial charge in [-0.2, -0.15) is 0 Å². The first-order valence-electron chi connectivity index (χ1n) is 8.10. The summed E-state index contributed by atoms with van der Waals surface area (Å²) in [6, 6.07) is 0. The van der Waals surface area contributed by atoms with E-state index in [4.69, 9.17) is 0 Å². The maximum Gasteiger partial charge on any atom is 0.0915 e. The van der Waals surface area contributed by atoms with Gasteiger partial charge in [0.15, 0.2) is 0 Å². The Morgan fingerprint density at radius 1 is 0.737 bits per heavy atom. The Bertz CT molecular complexity index is 180. The number of nitrogens with zero attached hydrogens (tertiary/aromatic N) is 2. The molecule has 0 saturated carbocycles. The van der Waals surface area contributed by atoms with Crippen molar-refractivity contribution in [2.75, 3.05) is 46.8 Å². The van der Waals surface area contributed by atoms with Crippen LogP contribution in [0.5, 0.6) is 0 Å². The van der Waals surface area contributed by atoms with Crippen LogP contribution >= 0.6 is 0 Å². The first-order valence-corrected chi connectivity index (χ1v) is 8.10. The van der Waals surface area contributed by atoms with Crippen LogP contribution in [0.25, 0.3) is 0 Å². The second kappa shape index (κ2) is 13.2. The van der Waals surface area contributed by atoms with Crippen LogP contribution in [0.2, 0.25) is 0 Å². The van der Waals surface area contributed by atoms with Gasteiger partial charge >= 0.3 is 0 Å². The molecule has 0 radical (unpaired) electrons. The van der Waals surface area contributed by atoms with Gasteiger partial charge in [0.2, 0.25) is 0 Å². The van der Waals surface area contributed by atoms with E-state index in [9.17, 15) is 0 Å². The molecule has 0 atom stereocenters. The van der Waals surface area contributed by atoms with Crippen LogP contribution in [0.15, 0.2) is 0 Å². The van der Waals surface area contributed by atoms with Crippen molar-refractivity contribution in [2.45, 2.75) is 59.3 Å². The number of likely N-dealkylation sites (N-methyl/N-ethyl adjacent to an activating group) is 2. The molecule has 0 spiro atoms. The summed E-state index contributed by atoms with van der Waals surface area (Å²) in [4.78, 5) is 2.32. The molecule has 19 heavy (non-hydrogen) atoms. The highest BCUT2D eigenvalue weighted by Gasteiger charge is 2.22. The average Bonchev–Trinajstić information content (AvgIpc) is 2.37. The Kier molecular flexibility index (Phi) is 14.9. The normalized spacial score (nSPS) is 11.7. The van der Waals surface area contributed by atoms with Gasteiger partial charge < -0.3 is 21.8 Å². The Morgan fingerprint density at radius 2 is 1.26 bits per heavy atom. The van der Waals surface area contributed by atoms with Crippen LogP contribution in [0.1, 0.15) is 59.3 Å². The van der Waals surface area contributed by atoms with Crippen LogP contribution in [-0.4, -0.2) is 56.2 Å². The lowest BCUT2D eigenvalue weighted by Crippen LogP contribution is -3.00.